The Bertz CT molecular complexity index is 776. The molecule has 1 heterocycles. The molecule has 0 saturated carbocycles. The third-order valence-corrected chi connectivity index (χ3v) is 5.20. The Labute approximate surface area is 174 Å². The lowest BCUT2D eigenvalue weighted by Crippen LogP contribution is -2.42. The summed E-state index contributed by atoms with van der Waals surface area (Å²) in [5.74, 6) is 1.66. The topological polar surface area (TPSA) is 59.0 Å². The molecule has 0 bridgehead atoms. The molecule has 0 spiro atoms. The number of benzene rings is 2. The number of carbonyl (C=O) groups is 1. The maximum absolute atomic E-state index is 11.2. The minimum atomic E-state index is -0.836. The normalized spacial score (nSPS) is 15.8. The van der Waals surface area contributed by atoms with Gasteiger partial charge in [-0.15, -0.1) is 0 Å². The average Bonchev–Trinajstić information content (AvgIpc) is 3.25. The number of hydrogen-bond donors (Lipinski definition) is 1. The number of rotatable bonds is 3. The molecule has 0 aromatic heterocycles. The summed E-state index contributed by atoms with van der Waals surface area (Å²) >= 11 is 0. The van der Waals surface area contributed by atoms with Gasteiger partial charge in [0.25, 0.3) is 0 Å². The number of amides is 1. The predicted octanol–water partition coefficient (Wildman–Crippen LogP) is 5.55. The van der Waals surface area contributed by atoms with Gasteiger partial charge in [0.05, 0.1) is 0 Å². The zero-order valence-corrected chi connectivity index (χ0v) is 18.0. The van der Waals surface area contributed by atoms with Crippen molar-refractivity contribution in [1.82, 2.24) is 4.90 Å². The molecule has 1 atom stereocenters. The third-order valence-electron chi connectivity index (χ3n) is 5.20. The Morgan fingerprint density at radius 1 is 1.10 bits per heavy atom. The Balaban J connectivity index is 0.000000252. The number of aryl methyl sites for hydroxylation is 1. The van der Waals surface area contributed by atoms with Gasteiger partial charge < -0.3 is 19.5 Å². The van der Waals surface area contributed by atoms with Crippen LogP contribution in [0, 0.1) is 0 Å². The van der Waals surface area contributed by atoms with E-state index in [1.807, 2.05) is 39.0 Å². The minimum Gasteiger partial charge on any atom is -0.465 e. The van der Waals surface area contributed by atoms with Gasteiger partial charge >= 0.3 is 6.09 Å². The SMILES string of the molecule is CC.CCN(C(=O)O)C1CCc2c(ccc3c2OCO3)C1.CCc1ccccc1. The van der Waals surface area contributed by atoms with Crippen LogP contribution in [-0.4, -0.2) is 35.5 Å². The van der Waals surface area contributed by atoms with Crippen molar-refractivity contribution in [3.05, 3.63) is 59.2 Å². The molecule has 4 rings (SSSR count). The minimum absolute atomic E-state index is 0.0652. The summed E-state index contributed by atoms with van der Waals surface area (Å²) in [5, 5.41) is 9.21. The predicted molar refractivity (Wildman–Crippen MR) is 116 cm³/mol. The van der Waals surface area contributed by atoms with E-state index in [1.165, 1.54) is 21.6 Å². The Kier molecular flexibility index (Phi) is 8.84. The monoisotopic (exact) mass is 399 g/mol. The summed E-state index contributed by atoms with van der Waals surface area (Å²) in [6.07, 6.45) is 2.74. The molecule has 29 heavy (non-hydrogen) atoms. The van der Waals surface area contributed by atoms with E-state index in [2.05, 4.69) is 31.2 Å². The van der Waals surface area contributed by atoms with E-state index in [1.54, 1.807) is 0 Å². The van der Waals surface area contributed by atoms with Gasteiger partial charge in [-0.05, 0) is 49.8 Å². The van der Waals surface area contributed by atoms with Crippen molar-refractivity contribution in [3.63, 3.8) is 0 Å². The summed E-state index contributed by atoms with van der Waals surface area (Å²) in [4.78, 5) is 12.7. The standard InChI is InChI=1S/C14H17NO4.C8H10.C2H6/c1-2-15(14(16)17)10-4-5-11-9(7-10)3-6-12-13(11)19-8-18-12;1-2-8-6-4-3-5-7-8;1-2/h3,6,10H,2,4-5,7-8H2,1H3,(H,16,17);3-7H,2H2,1H3;1-2H3. The first-order chi connectivity index (χ1) is 14.1. The largest absolute Gasteiger partial charge is 0.465 e. The lowest BCUT2D eigenvalue weighted by Gasteiger charge is -2.32. The highest BCUT2D eigenvalue weighted by Gasteiger charge is 2.30. The van der Waals surface area contributed by atoms with Crippen LogP contribution in [0.15, 0.2) is 42.5 Å². The van der Waals surface area contributed by atoms with E-state index in [9.17, 15) is 9.90 Å². The van der Waals surface area contributed by atoms with E-state index in [0.29, 0.717) is 6.54 Å². The van der Waals surface area contributed by atoms with E-state index in [4.69, 9.17) is 9.47 Å². The van der Waals surface area contributed by atoms with Gasteiger partial charge in [-0.1, -0.05) is 57.2 Å². The molecule has 1 aliphatic carbocycles. The van der Waals surface area contributed by atoms with Crippen LogP contribution in [0.5, 0.6) is 11.5 Å². The number of nitrogens with zero attached hydrogens (tertiary/aromatic N) is 1. The Hall–Kier alpha value is -2.69. The summed E-state index contributed by atoms with van der Waals surface area (Å²) in [6, 6.07) is 14.5. The van der Waals surface area contributed by atoms with Crippen molar-refractivity contribution in [3.8, 4) is 11.5 Å². The van der Waals surface area contributed by atoms with Crippen LogP contribution < -0.4 is 9.47 Å². The Morgan fingerprint density at radius 3 is 2.41 bits per heavy atom. The van der Waals surface area contributed by atoms with Crippen molar-refractivity contribution in [2.24, 2.45) is 0 Å². The van der Waals surface area contributed by atoms with Crippen molar-refractivity contribution in [2.45, 2.75) is 59.4 Å². The second kappa shape index (κ2) is 11.3. The van der Waals surface area contributed by atoms with Gasteiger partial charge in [0, 0.05) is 18.2 Å². The zero-order valence-electron chi connectivity index (χ0n) is 18.0. The molecule has 5 heteroatoms. The lowest BCUT2D eigenvalue weighted by molar-refractivity contribution is 0.122. The lowest BCUT2D eigenvalue weighted by atomic mass is 9.86. The van der Waals surface area contributed by atoms with Crippen molar-refractivity contribution in [2.75, 3.05) is 13.3 Å². The third kappa shape index (κ3) is 5.66. The fraction of sp³-hybridized carbons (Fsp3) is 0.458. The number of ether oxygens (including phenoxy) is 2. The first-order valence-corrected chi connectivity index (χ1v) is 10.6. The second-order valence-electron chi connectivity index (χ2n) is 6.74. The van der Waals surface area contributed by atoms with Crippen molar-refractivity contribution in [1.29, 1.82) is 0 Å². The van der Waals surface area contributed by atoms with Gasteiger partial charge in [0.1, 0.15) is 0 Å². The van der Waals surface area contributed by atoms with E-state index in [-0.39, 0.29) is 12.8 Å². The zero-order chi connectivity index (χ0) is 21.2. The molecule has 1 N–H and O–H groups in total. The summed E-state index contributed by atoms with van der Waals surface area (Å²) in [6.45, 7) is 8.85. The van der Waals surface area contributed by atoms with Crippen LogP contribution in [0.2, 0.25) is 0 Å². The molecular formula is C24H33NO4. The van der Waals surface area contributed by atoms with E-state index in [0.717, 1.165) is 37.2 Å². The number of likely N-dealkylation sites (N-methyl/N-ethyl adjacent to an activating group) is 1. The highest BCUT2D eigenvalue weighted by Crippen LogP contribution is 2.41. The molecule has 0 radical (unpaired) electrons. The van der Waals surface area contributed by atoms with Crippen LogP contribution in [0.3, 0.4) is 0 Å². The van der Waals surface area contributed by atoms with Crippen LogP contribution in [0.25, 0.3) is 0 Å². The first-order valence-electron chi connectivity index (χ1n) is 10.6. The molecule has 5 nitrogen and oxygen atoms in total. The molecule has 1 amide bonds. The Morgan fingerprint density at radius 2 is 1.83 bits per heavy atom. The quantitative estimate of drug-likeness (QED) is 0.735. The van der Waals surface area contributed by atoms with E-state index >= 15 is 0 Å². The van der Waals surface area contributed by atoms with Crippen LogP contribution in [0.4, 0.5) is 4.79 Å². The van der Waals surface area contributed by atoms with Gasteiger partial charge in [-0.25, -0.2) is 4.79 Å². The fourth-order valence-electron chi connectivity index (χ4n) is 3.73. The molecule has 2 aliphatic rings. The molecular weight excluding hydrogens is 366 g/mol. The maximum Gasteiger partial charge on any atom is 0.407 e. The van der Waals surface area contributed by atoms with Crippen LogP contribution in [-0.2, 0) is 19.3 Å². The highest BCUT2D eigenvalue weighted by molar-refractivity contribution is 5.65. The molecule has 0 fully saturated rings. The molecule has 2 aromatic carbocycles. The maximum atomic E-state index is 11.2. The number of carboxylic acid groups (broad SMARTS) is 1. The summed E-state index contributed by atoms with van der Waals surface area (Å²) in [5.41, 5.74) is 3.78. The van der Waals surface area contributed by atoms with Gasteiger partial charge in [0.15, 0.2) is 11.5 Å². The van der Waals surface area contributed by atoms with Gasteiger partial charge in [-0.2, -0.15) is 0 Å². The number of hydrogen-bond acceptors (Lipinski definition) is 3. The molecule has 158 valence electrons. The molecule has 1 aliphatic heterocycles. The van der Waals surface area contributed by atoms with Crippen LogP contribution in [0.1, 0.15) is 50.8 Å². The van der Waals surface area contributed by atoms with Gasteiger partial charge in [0.2, 0.25) is 6.79 Å². The van der Waals surface area contributed by atoms with Gasteiger partial charge in [-0.3, -0.25) is 0 Å². The second-order valence-corrected chi connectivity index (χ2v) is 6.74. The van der Waals surface area contributed by atoms with Crippen molar-refractivity contribution < 1.29 is 19.4 Å². The van der Waals surface area contributed by atoms with Crippen LogP contribution >= 0.6 is 0 Å². The number of fused-ring (bicyclic) bond motifs is 3. The first kappa shape index (κ1) is 22.6. The average molecular weight is 400 g/mol. The molecule has 1 unspecified atom stereocenters. The van der Waals surface area contributed by atoms with E-state index < -0.39 is 6.09 Å². The highest BCUT2D eigenvalue weighted by atomic mass is 16.7. The summed E-state index contributed by atoms with van der Waals surface area (Å²) < 4.78 is 10.9. The van der Waals surface area contributed by atoms with Crippen molar-refractivity contribution >= 4 is 6.09 Å². The fourth-order valence-corrected chi connectivity index (χ4v) is 3.73. The summed E-state index contributed by atoms with van der Waals surface area (Å²) in [7, 11) is 0. The molecule has 0 saturated heterocycles. The molecule has 2 aromatic rings. The smallest absolute Gasteiger partial charge is 0.407 e.